The Labute approximate surface area is 206 Å². The summed E-state index contributed by atoms with van der Waals surface area (Å²) >= 11 is 12.6. The van der Waals surface area contributed by atoms with E-state index in [4.69, 9.17) is 32.7 Å². The van der Waals surface area contributed by atoms with Gasteiger partial charge in [-0.1, -0.05) is 6.92 Å². The number of amides is 3. The number of halogens is 2. The van der Waals surface area contributed by atoms with Crippen LogP contribution in [0.2, 0.25) is 0 Å². The molecule has 2 aliphatic carbocycles. The summed E-state index contributed by atoms with van der Waals surface area (Å²) in [6.07, 6.45) is 1.34. The van der Waals surface area contributed by atoms with Crippen LogP contribution in [0.1, 0.15) is 30.1 Å². The molecule has 2 saturated carbocycles. The van der Waals surface area contributed by atoms with E-state index < -0.39 is 54.6 Å². The quantitative estimate of drug-likeness (QED) is 0.323. The first-order valence-electron chi connectivity index (χ1n) is 11.1. The Kier molecular flexibility index (Phi) is 7.14. The monoisotopic (exact) mass is 510 g/mol. The number of imide groups is 1. The molecule has 34 heavy (non-hydrogen) atoms. The zero-order valence-corrected chi connectivity index (χ0v) is 19.9. The number of carbonyl (C=O) groups excluding carboxylic acids is 5. The number of esters is 2. The molecule has 182 valence electrons. The minimum Gasteiger partial charge on any atom is -0.462 e. The lowest BCUT2D eigenvalue weighted by molar-refractivity contribution is -0.154. The number of likely N-dealkylation sites (tertiary alicyclic amines) is 1. The summed E-state index contributed by atoms with van der Waals surface area (Å²) in [7, 11) is 0. The van der Waals surface area contributed by atoms with Crippen LogP contribution in [-0.4, -0.2) is 65.1 Å². The van der Waals surface area contributed by atoms with Gasteiger partial charge in [0, 0.05) is 5.69 Å². The second kappa shape index (κ2) is 9.92. The lowest BCUT2D eigenvalue weighted by Crippen LogP contribution is -2.38. The van der Waals surface area contributed by atoms with Crippen LogP contribution in [0.3, 0.4) is 0 Å². The summed E-state index contributed by atoms with van der Waals surface area (Å²) in [6, 6.07) is 6.05. The van der Waals surface area contributed by atoms with Crippen molar-refractivity contribution in [3.63, 3.8) is 0 Å². The number of hydrogen-bond acceptors (Lipinski definition) is 7. The maximum absolute atomic E-state index is 12.8. The Morgan fingerprint density at radius 3 is 2.15 bits per heavy atom. The number of nitrogens with one attached hydrogen (secondary N) is 1. The van der Waals surface area contributed by atoms with E-state index in [0.717, 1.165) is 4.90 Å². The van der Waals surface area contributed by atoms with Gasteiger partial charge in [-0.25, -0.2) is 4.79 Å². The van der Waals surface area contributed by atoms with Gasteiger partial charge in [-0.15, -0.1) is 23.2 Å². The van der Waals surface area contributed by atoms with E-state index in [0.29, 0.717) is 30.7 Å². The Morgan fingerprint density at radius 2 is 1.59 bits per heavy atom. The van der Waals surface area contributed by atoms with Crippen molar-refractivity contribution < 1.29 is 33.4 Å². The van der Waals surface area contributed by atoms with Crippen LogP contribution in [0, 0.1) is 23.7 Å². The molecular formula is C23H24Cl2N2O7. The zero-order chi connectivity index (χ0) is 24.6. The van der Waals surface area contributed by atoms with Crippen molar-refractivity contribution in [2.24, 2.45) is 23.7 Å². The third-order valence-corrected chi connectivity index (χ3v) is 7.89. The largest absolute Gasteiger partial charge is 0.462 e. The first-order chi connectivity index (χ1) is 16.2. The number of nitrogens with zero attached hydrogens (tertiary/aromatic N) is 1. The highest BCUT2D eigenvalue weighted by molar-refractivity contribution is 6.31. The number of ether oxygens (including phenoxy) is 2. The van der Waals surface area contributed by atoms with Crippen LogP contribution >= 0.6 is 23.2 Å². The maximum Gasteiger partial charge on any atom is 0.338 e. The number of rotatable bonds is 8. The summed E-state index contributed by atoms with van der Waals surface area (Å²) in [5.74, 6) is -4.26. The summed E-state index contributed by atoms with van der Waals surface area (Å²) in [5, 5.41) is 1.78. The number of anilines is 1. The van der Waals surface area contributed by atoms with Crippen LogP contribution in [0.25, 0.3) is 0 Å². The summed E-state index contributed by atoms with van der Waals surface area (Å²) < 4.78 is 9.98. The predicted molar refractivity (Wildman–Crippen MR) is 121 cm³/mol. The van der Waals surface area contributed by atoms with Gasteiger partial charge in [0.2, 0.25) is 11.8 Å². The molecule has 1 aliphatic heterocycles. The standard InChI is InChI=1S/C23H24Cl2N2O7/c1-2-7-33-23(32)11-3-5-12(6-4-11)26-15(28)10-34-16(29)9-27-21(30)17-13-8-14(18(17)22(27)31)20(25)19(13)24/h3-6,13-14,17-20H,2,7-10H2,1H3,(H,26,28)/t13-,14-,17-,18+,19+,20+/m1/s1. The topological polar surface area (TPSA) is 119 Å². The van der Waals surface area contributed by atoms with Gasteiger partial charge in [0.1, 0.15) is 6.54 Å². The molecule has 3 fully saturated rings. The SMILES string of the molecule is CCCOC(=O)c1ccc(NC(=O)COC(=O)CN2C(=O)[C@@H]3[C@H]4C[C@@H]([C@H](Cl)[C@H]4Cl)[C@@H]3C2=O)cc1. The van der Waals surface area contributed by atoms with Gasteiger partial charge in [-0.3, -0.25) is 24.1 Å². The molecule has 3 amide bonds. The molecule has 2 bridgehead atoms. The Balaban J connectivity index is 1.25. The fraction of sp³-hybridized carbons (Fsp3) is 0.522. The molecule has 0 aromatic heterocycles. The van der Waals surface area contributed by atoms with E-state index in [1.54, 1.807) is 0 Å². The van der Waals surface area contributed by atoms with Crippen LogP contribution < -0.4 is 5.32 Å². The highest BCUT2D eigenvalue weighted by Gasteiger charge is 2.66. The second-order valence-corrected chi connectivity index (χ2v) is 9.70. The molecule has 1 aromatic rings. The lowest BCUT2D eigenvalue weighted by Gasteiger charge is -2.28. The van der Waals surface area contributed by atoms with Crippen molar-refractivity contribution in [1.82, 2.24) is 4.90 Å². The second-order valence-electron chi connectivity index (χ2n) is 8.69. The predicted octanol–water partition coefficient (Wildman–Crippen LogP) is 2.20. The van der Waals surface area contributed by atoms with Crippen LogP contribution in [0.5, 0.6) is 0 Å². The first-order valence-corrected chi connectivity index (χ1v) is 12.0. The lowest BCUT2D eigenvalue weighted by atomic mass is 9.80. The molecule has 0 unspecified atom stereocenters. The highest BCUT2D eigenvalue weighted by Crippen LogP contribution is 2.59. The van der Waals surface area contributed by atoms with E-state index in [9.17, 15) is 24.0 Å². The van der Waals surface area contributed by atoms with E-state index in [1.165, 1.54) is 24.3 Å². The van der Waals surface area contributed by atoms with Crippen LogP contribution in [-0.2, 0) is 28.7 Å². The summed E-state index contributed by atoms with van der Waals surface area (Å²) in [5.41, 5.74) is 0.740. The van der Waals surface area contributed by atoms with E-state index in [1.807, 2.05) is 6.92 Å². The molecule has 1 aromatic carbocycles. The Hall–Kier alpha value is -2.65. The molecule has 0 radical (unpaired) electrons. The molecule has 9 nitrogen and oxygen atoms in total. The molecule has 0 spiro atoms. The number of fused-ring (bicyclic) bond motifs is 5. The van der Waals surface area contributed by atoms with Crippen molar-refractivity contribution in [2.45, 2.75) is 30.5 Å². The number of alkyl halides is 2. The summed E-state index contributed by atoms with van der Waals surface area (Å²) in [6.45, 7) is 1.05. The third-order valence-electron chi connectivity index (χ3n) is 6.57. The zero-order valence-electron chi connectivity index (χ0n) is 18.4. The van der Waals surface area contributed by atoms with Crippen molar-refractivity contribution in [1.29, 1.82) is 0 Å². The normalized spacial score (nSPS) is 29.2. The average molecular weight is 511 g/mol. The van der Waals surface area contributed by atoms with Crippen molar-refractivity contribution in [2.75, 3.05) is 25.1 Å². The first kappa shape index (κ1) is 24.5. The molecule has 3 aliphatic rings. The fourth-order valence-corrected chi connectivity index (χ4v) is 5.94. The van der Waals surface area contributed by atoms with Gasteiger partial charge in [-0.2, -0.15) is 0 Å². The molecular weight excluding hydrogens is 487 g/mol. The number of carbonyl (C=O) groups is 5. The number of benzene rings is 1. The van der Waals surface area contributed by atoms with Crippen LogP contribution in [0.4, 0.5) is 5.69 Å². The minimum atomic E-state index is -0.872. The van der Waals surface area contributed by atoms with Crippen molar-refractivity contribution in [3.8, 4) is 0 Å². The number of hydrogen-bond donors (Lipinski definition) is 1. The molecule has 1 N–H and O–H groups in total. The molecule has 11 heteroatoms. The van der Waals surface area contributed by atoms with Crippen LogP contribution in [0.15, 0.2) is 24.3 Å². The van der Waals surface area contributed by atoms with Gasteiger partial charge in [-0.05, 0) is 48.9 Å². The van der Waals surface area contributed by atoms with Gasteiger partial charge in [0.15, 0.2) is 6.61 Å². The minimum absolute atomic E-state index is 0.178. The molecule has 1 saturated heterocycles. The molecule has 6 atom stereocenters. The maximum atomic E-state index is 12.8. The fourth-order valence-electron chi connectivity index (χ4n) is 5.05. The molecule has 1 heterocycles. The molecule has 4 rings (SSSR count). The summed E-state index contributed by atoms with van der Waals surface area (Å²) in [4.78, 5) is 62.6. The van der Waals surface area contributed by atoms with E-state index >= 15 is 0 Å². The van der Waals surface area contributed by atoms with E-state index in [2.05, 4.69) is 5.32 Å². The van der Waals surface area contributed by atoms with E-state index in [-0.39, 0.29) is 22.6 Å². The van der Waals surface area contributed by atoms with Gasteiger partial charge >= 0.3 is 11.9 Å². The highest BCUT2D eigenvalue weighted by atomic mass is 35.5. The van der Waals surface area contributed by atoms with Gasteiger partial charge in [0.05, 0.1) is 34.8 Å². The Morgan fingerprint density at radius 1 is 1.00 bits per heavy atom. The third kappa shape index (κ3) is 4.51. The van der Waals surface area contributed by atoms with Gasteiger partial charge < -0.3 is 14.8 Å². The Bertz CT molecular complexity index is 983. The van der Waals surface area contributed by atoms with Gasteiger partial charge in [0.25, 0.3) is 5.91 Å². The van der Waals surface area contributed by atoms with Crippen molar-refractivity contribution in [3.05, 3.63) is 29.8 Å². The van der Waals surface area contributed by atoms with Crippen molar-refractivity contribution >= 4 is 58.5 Å². The smallest absolute Gasteiger partial charge is 0.338 e. The average Bonchev–Trinajstić information content (AvgIpc) is 3.43.